The number of rotatable bonds is 4. The second-order valence-corrected chi connectivity index (χ2v) is 8.59. The van der Waals surface area contributed by atoms with Gasteiger partial charge in [0, 0.05) is 24.7 Å². The van der Waals surface area contributed by atoms with Crippen molar-refractivity contribution >= 4 is 28.0 Å². The molecule has 1 fully saturated rings. The van der Waals surface area contributed by atoms with Gasteiger partial charge in [0.05, 0.1) is 46.1 Å². The largest absolute Gasteiger partial charge is 0.391 e. The molecule has 2 aromatic carbocycles. The summed E-state index contributed by atoms with van der Waals surface area (Å²) < 4.78 is 28.8. The Labute approximate surface area is 190 Å². The average molecular weight is 447 g/mol. The highest BCUT2D eigenvalue weighted by molar-refractivity contribution is 5.94. The van der Waals surface area contributed by atoms with E-state index in [-0.39, 0.29) is 17.4 Å². The van der Waals surface area contributed by atoms with Gasteiger partial charge >= 0.3 is 0 Å². The van der Waals surface area contributed by atoms with Gasteiger partial charge in [-0.2, -0.15) is 0 Å². The number of nitrogens with zero attached hydrogens (tertiary/aromatic N) is 3. The van der Waals surface area contributed by atoms with E-state index in [9.17, 15) is 13.9 Å². The van der Waals surface area contributed by atoms with Crippen LogP contribution in [-0.4, -0.2) is 34.3 Å². The van der Waals surface area contributed by atoms with Gasteiger partial charge in [0.1, 0.15) is 11.6 Å². The molecular weight excluding hydrogens is 422 g/mol. The third kappa shape index (κ3) is 4.24. The minimum absolute atomic E-state index is 0.146. The van der Waals surface area contributed by atoms with Gasteiger partial charge < -0.3 is 15.3 Å². The molecule has 5 rings (SSSR count). The number of para-hydroxylation sites is 1. The first kappa shape index (κ1) is 21.3. The first-order chi connectivity index (χ1) is 16.0. The van der Waals surface area contributed by atoms with E-state index in [2.05, 4.69) is 27.1 Å². The van der Waals surface area contributed by atoms with E-state index in [1.54, 1.807) is 18.5 Å². The first-order valence-electron chi connectivity index (χ1n) is 11.0. The minimum Gasteiger partial charge on any atom is -0.391 e. The molecule has 7 heteroatoms. The molecule has 168 valence electrons. The van der Waals surface area contributed by atoms with E-state index in [0.29, 0.717) is 23.7 Å². The van der Waals surface area contributed by atoms with Crippen molar-refractivity contribution in [3.8, 4) is 11.3 Å². The number of β-amino-alcohol motifs (C(OH)–C–C–N with tert-alkyl or cyclic N) is 1. The summed E-state index contributed by atoms with van der Waals surface area (Å²) in [6.45, 7) is 3.51. The van der Waals surface area contributed by atoms with Crippen LogP contribution in [0.1, 0.15) is 13.3 Å². The normalized spacial score (nSPS) is 18.5. The van der Waals surface area contributed by atoms with Crippen molar-refractivity contribution in [1.82, 2.24) is 9.97 Å². The smallest absolute Gasteiger partial charge is 0.135 e. The molecule has 2 atom stereocenters. The summed E-state index contributed by atoms with van der Waals surface area (Å²) in [6.07, 6.45) is 3.87. The van der Waals surface area contributed by atoms with E-state index in [1.165, 1.54) is 18.2 Å². The Bertz CT molecular complexity index is 1280. The van der Waals surface area contributed by atoms with Gasteiger partial charge in [0.2, 0.25) is 0 Å². The summed E-state index contributed by atoms with van der Waals surface area (Å²) in [4.78, 5) is 11.0. The van der Waals surface area contributed by atoms with Crippen molar-refractivity contribution in [3.63, 3.8) is 0 Å². The van der Waals surface area contributed by atoms with Crippen LogP contribution >= 0.6 is 0 Å². The van der Waals surface area contributed by atoms with Gasteiger partial charge in [0.15, 0.2) is 0 Å². The first-order valence-corrected chi connectivity index (χ1v) is 11.0. The number of hydrogen-bond acceptors (Lipinski definition) is 5. The molecule has 1 saturated heterocycles. The number of aliphatic hydroxyl groups excluding tert-OH is 1. The van der Waals surface area contributed by atoms with Gasteiger partial charge in [-0.25, -0.2) is 13.8 Å². The standard InChI is InChI=1S/C26H24F2N4O/c1-16-12-18(33)15-32(14-16)24-10-11-29-13-23(24)30-22-7-2-4-17-8-9-21(31-26(17)22)25-19(27)5-3-6-20(25)28/h2-11,13,16,18,30,33H,12,14-15H2,1H3/t16-,18+/m0/s1. The van der Waals surface area contributed by atoms with Crippen LogP contribution in [0, 0.1) is 17.6 Å². The maximum Gasteiger partial charge on any atom is 0.135 e. The van der Waals surface area contributed by atoms with Crippen molar-refractivity contribution < 1.29 is 13.9 Å². The van der Waals surface area contributed by atoms with Gasteiger partial charge in [-0.1, -0.05) is 31.2 Å². The zero-order valence-corrected chi connectivity index (χ0v) is 18.2. The zero-order valence-electron chi connectivity index (χ0n) is 18.2. The number of fused-ring (bicyclic) bond motifs is 1. The summed E-state index contributed by atoms with van der Waals surface area (Å²) >= 11 is 0. The molecule has 0 spiro atoms. The van der Waals surface area contributed by atoms with Crippen LogP contribution in [0.3, 0.4) is 0 Å². The second-order valence-electron chi connectivity index (χ2n) is 8.59. The van der Waals surface area contributed by atoms with E-state index < -0.39 is 11.6 Å². The Hall–Kier alpha value is -3.58. The fourth-order valence-corrected chi connectivity index (χ4v) is 4.55. The Balaban J connectivity index is 1.56. The van der Waals surface area contributed by atoms with Gasteiger partial charge in [-0.3, -0.25) is 4.98 Å². The van der Waals surface area contributed by atoms with E-state index >= 15 is 0 Å². The van der Waals surface area contributed by atoms with E-state index in [4.69, 9.17) is 0 Å². The molecule has 2 N–H and O–H groups in total. The quantitative estimate of drug-likeness (QED) is 0.432. The number of halogens is 2. The van der Waals surface area contributed by atoms with Crippen LogP contribution in [0.25, 0.3) is 22.2 Å². The topological polar surface area (TPSA) is 61.3 Å². The molecule has 1 aliphatic heterocycles. The molecule has 0 saturated carbocycles. The van der Waals surface area contributed by atoms with Crippen molar-refractivity contribution in [2.45, 2.75) is 19.4 Å². The summed E-state index contributed by atoms with van der Waals surface area (Å²) in [7, 11) is 0. The highest BCUT2D eigenvalue weighted by atomic mass is 19.1. The van der Waals surface area contributed by atoms with Crippen molar-refractivity contribution in [3.05, 3.63) is 78.6 Å². The number of benzene rings is 2. The number of aromatic nitrogens is 2. The number of anilines is 3. The lowest BCUT2D eigenvalue weighted by Gasteiger charge is -2.36. The van der Waals surface area contributed by atoms with Crippen LogP contribution in [-0.2, 0) is 0 Å². The molecule has 0 amide bonds. The zero-order chi connectivity index (χ0) is 22.9. The number of nitrogens with one attached hydrogen (secondary N) is 1. The molecule has 1 aliphatic rings. The van der Waals surface area contributed by atoms with Gasteiger partial charge in [-0.15, -0.1) is 0 Å². The lowest BCUT2D eigenvalue weighted by atomic mass is 9.97. The summed E-state index contributed by atoms with van der Waals surface area (Å²) in [5, 5.41) is 14.5. The predicted octanol–water partition coefficient (Wildman–Crippen LogP) is 5.53. The molecular formula is C26H24F2N4O. The molecule has 5 nitrogen and oxygen atoms in total. The fraction of sp³-hybridized carbons (Fsp3) is 0.231. The van der Waals surface area contributed by atoms with Crippen LogP contribution < -0.4 is 10.2 Å². The Morgan fingerprint density at radius 3 is 2.55 bits per heavy atom. The number of piperidine rings is 1. The molecule has 3 heterocycles. The third-order valence-electron chi connectivity index (χ3n) is 5.98. The molecule has 0 aliphatic carbocycles. The lowest BCUT2D eigenvalue weighted by molar-refractivity contribution is 0.132. The number of aliphatic hydroxyl groups is 1. The molecule has 0 bridgehead atoms. The van der Waals surface area contributed by atoms with Crippen molar-refractivity contribution in [1.29, 1.82) is 0 Å². The third-order valence-corrected chi connectivity index (χ3v) is 5.98. The van der Waals surface area contributed by atoms with Crippen LogP contribution in [0.4, 0.5) is 25.8 Å². The number of hydrogen-bond donors (Lipinski definition) is 2. The highest BCUT2D eigenvalue weighted by Crippen LogP contribution is 2.34. The Morgan fingerprint density at radius 2 is 1.76 bits per heavy atom. The lowest BCUT2D eigenvalue weighted by Crippen LogP contribution is -2.42. The maximum atomic E-state index is 14.4. The monoisotopic (exact) mass is 446 g/mol. The molecule has 4 aromatic rings. The Kier molecular flexibility index (Phi) is 5.64. The molecule has 2 aromatic heterocycles. The molecule has 33 heavy (non-hydrogen) atoms. The second kappa shape index (κ2) is 8.75. The Morgan fingerprint density at radius 1 is 0.970 bits per heavy atom. The molecule has 0 radical (unpaired) electrons. The van der Waals surface area contributed by atoms with Gasteiger partial charge in [0.25, 0.3) is 0 Å². The number of pyridine rings is 2. The fourth-order valence-electron chi connectivity index (χ4n) is 4.55. The average Bonchev–Trinajstić information content (AvgIpc) is 2.79. The van der Waals surface area contributed by atoms with Crippen molar-refractivity contribution in [2.24, 2.45) is 5.92 Å². The summed E-state index contributed by atoms with van der Waals surface area (Å²) in [6, 6.07) is 14.8. The highest BCUT2D eigenvalue weighted by Gasteiger charge is 2.25. The summed E-state index contributed by atoms with van der Waals surface area (Å²) in [5.74, 6) is -0.938. The van der Waals surface area contributed by atoms with E-state index in [0.717, 1.165) is 29.7 Å². The van der Waals surface area contributed by atoms with Crippen LogP contribution in [0.2, 0.25) is 0 Å². The van der Waals surface area contributed by atoms with Crippen LogP contribution in [0.15, 0.2) is 67.0 Å². The van der Waals surface area contributed by atoms with Gasteiger partial charge in [-0.05, 0) is 42.7 Å². The predicted molar refractivity (Wildman–Crippen MR) is 127 cm³/mol. The van der Waals surface area contributed by atoms with E-state index in [1.807, 2.05) is 30.3 Å². The minimum atomic E-state index is -0.653. The summed E-state index contributed by atoms with van der Waals surface area (Å²) in [5.41, 5.74) is 3.09. The van der Waals surface area contributed by atoms with Crippen molar-refractivity contribution in [2.75, 3.05) is 23.3 Å². The SMILES string of the molecule is C[C@H]1C[C@@H](O)CN(c2ccncc2Nc2cccc3ccc(-c4c(F)cccc4F)nc23)C1. The molecule has 0 unspecified atom stereocenters. The maximum absolute atomic E-state index is 14.4. The van der Waals surface area contributed by atoms with Crippen LogP contribution in [0.5, 0.6) is 0 Å².